The fourth-order valence-electron chi connectivity index (χ4n) is 3.42. The van der Waals surface area contributed by atoms with Gasteiger partial charge in [0.15, 0.2) is 11.5 Å². The van der Waals surface area contributed by atoms with Crippen molar-refractivity contribution in [2.45, 2.75) is 13.1 Å². The van der Waals surface area contributed by atoms with Gasteiger partial charge in [-0.25, -0.2) is 4.79 Å². The molecule has 0 atom stereocenters. The maximum absolute atomic E-state index is 13.0. The summed E-state index contributed by atoms with van der Waals surface area (Å²) in [7, 11) is 0. The van der Waals surface area contributed by atoms with E-state index in [-0.39, 0.29) is 31.3 Å². The number of allylic oxidation sites excluding steroid dienone is 1. The fraction of sp³-hybridized carbons (Fsp3) is 0.143. The van der Waals surface area contributed by atoms with Crippen LogP contribution in [0.25, 0.3) is 22.3 Å². The third-order valence-corrected chi connectivity index (χ3v) is 4.84. The number of para-hydroxylation sites is 1. The number of benzene rings is 2. The first-order chi connectivity index (χ1) is 14.7. The summed E-state index contributed by atoms with van der Waals surface area (Å²) in [5.41, 5.74) is 0.360. The van der Waals surface area contributed by atoms with Crippen LogP contribution in [0.2, 0.25) is 0 Å². The zero-order valence-electron chi connectivity index (χ0n) is 15.8. The van der Waals surface area contributed by atoms with Crippen molar-refractivity contribution >= 4 is 10.9 Å². The van der Waals surface area contributed by atoms with Crippen LogP contribution in [0.15, 0.2) is 69.2 Å². The molecule has 0 fully saturated rings. The second-order valence-corrected chi connectivity index (χ2v) is 6.67. The van der Waals surface area contributed by atoms with Crippen LogP contribution in [-0.4, -0.2) is 26.1 Å². The van der Waals surface area contributed by atoms with E-state index in [1.54, 1.807) is 42.5 Å². The summed E-state index contributed by atoms with van der Waals surface area (Å²) in [5.74, 6) is 1.86. The molecule has 3 heterocycles. The second-order valence-electron chi connectivity index (χ2n) is 6.67. The standard InChI is InChI=1S/C21H16N4O5/c1-2-9-24-20(26)14-5-3-4-6-15(14)25(21(24)27)11-18-22-19(23-30-18)13-7-8-16-17(10-13)29-12-28-16/h2-8,10H,1,9,11-12H2. The number of fused-ring (bicyclic) bond motifs is 2. The number of hydrogen-bond donors (Lipinski definition) is 0. The number of nitrogens with zero attached hydrogens (tertiary/aromatic N) is 4. The minimum atomic E-state index is -0.471. The Balaban J connectivity index is 1.56. The van der Waals surface area contributed by atoms with Gasteiger partial charge >= 0.3 is 5.69 Å². The van der Waals surface area contributed by atoms with Crippen molar-refractivity contribution in [3.63, 3.8) is 0 Å². The Morgan fingerprint density at radius 2 is 1.90 bits per heavy atom. The topological polar surface area (TPSA) is 101 Å². The molecule has 2 aromatic heterocycles. The van der Waals surface area contributed by atoms with Crippen LogP contribution in [0.1, 0.15) is 5.89 Å². The summed E-state index contributed by atoms with van der Waals surface area (Å²) < 4.78 is 18.6. The smallest absolute Gasteiger partial charge is 0.332 e. The minimum absolute atomic E-state index is 0.0221. The molecule has 5 rings (SSSR count). The molecule has 0 N–H and O–H groups in total. The average molecular weight is 404 g/mol. The summed E-state index contributed by atoms with van der Waals surface area (Å²) in [4.78, 5) is 30.0. The van der Waals surface area contributed by atoms with Crippen LogP contribution in [0.3, 0.4) is 0 Å². The van der Waals surface area contributed by atoms with E-state index in [1.165, 1.54) is 10.6 Å². The van der Waals surface area contributed by atoms with Crippen LogP contribution in [0.5, 0.6) is 11.5 Å². The van der Waals surface area contributed by atoms with E-state index in [0.717, 1.165) is 4.57 Å². The van der Waals surface area contributed by atoms with Crippen LogP contribution in [0, 0.1) is 0 Å². The van der Waals surface area contributed by atoms with E-state index in [2.05, 4.69) is 16.7 Å². The van der Waals surface area contributed by atoms with Crippen molar-refractivity contribution < 1.29 is 14.0 Å². The molecule has 0 saturated carbocycles. The summed E-state index contributed by atoms with van der Waals surface area (Å²) in [6.45, 7) is 3.93. The monoisotopic (exact) mass is 404 g/mol. The molecule has 9 heteroatoms. The first-order valence-electron chi connectivity index (χ1n) is 9.21. The first-order valence-corrected chi connectivity index (χ1v) is 9.21. The van der Waals surface area contributed by atoms with Gasteiger partial charge in [-0.15, -0.1) is 6.58 Å². The Kier molecular flexibility index (Phi) is 4.20. The second kappa shape index (κ2) is 7.03. The van der Waals surface area contributed by atoms with Gasteiger partial charge in [0.05, 0.1) is 10.9 Å². The highest BCUT2D eigenvalue weighted by Gasteiger charge is 2.18. The molecule has 0 unspecified atom stereocenters. The molecule has 0 saturated heterocycles. The van der Waals surface area contributed by atoms with Gasteiger partial charge in [0, 0.05) is 12.1 Å². The number of hydrogen-bond acceptors (Lipinski definition) is 7. The Labute approximate surface area is 169 Å². The summed E-state index contributed by atoms with van der Waals surface area (Å²) in [6, 6.07) is 12.3. The zero-order chi connectivity index (χ0) is 20.7. The van der Waals surface area contributed by atoms with Gasteiger partial charge in [-0.2, -0.15) is 4.98 Å². The van der Waals surface area contributed by atoms with Crippen molar-refractivity contribution in [3.8, 4) is 22.9 Å². The Morgan fingerprint density at radius 3 is 2.77 bits per heavy atom. The quantitative estimate of drug-likeness (QED) is 0.470. The van der Waals surface area contributed by atoms with Crippen molar-refractivity contribution in [2.75, 3.05) is 6.79 Å². The van der Waals surface area contributed by atoms with Crippen molar-refractivity contribution in [1.29, 1.82) is 0 Å². The van der Waals surface area contributed by atoms with E-state index in [4.69, 9.17) is 14.0 Å². The fourth-order valence-corrected chi connectivity index (χ4v) is 3.42. The molecular formula is C21H16N4O5. The van der Waals surface area contributed by atoms with Gasteiger partial charge < -0.3 is 14.0 Å². The van der Waals surface area contributed by atoms with E-state index < -0.39 is 5.69 Å². The molecule has 0 amide bonds. The lowest BCUT2D eigenvalue weighted by atomic mass is 10.2. The SMILES string of the molecule is C=CCn1c(=O)c2ccccc2n(Cc2nc(-c3ccc4c(c3)OCO4)no2)c1=O. The van der Waals surface area contributed by atoms with E-state index in [9.17, 15) is 9.59 Å². The lowest BCUT2D eigenvalue weighted by Gasteiger charge is -2.11. The summed E-state index contributed by atoms with van der Waals surface area (Å²) in [5, 5.41) is 4.44. The van der Waals surface area contributed by atoms with Crippen LogP contribution >= 0.6 is 0 Å². The molecule has 4 aromatic rings. The molecule has 0 bridgehead atoms. The van der Waals surface area contributed by atoms with E-state index in [0.29, 0.717) is 33.8 Å². The van der Waals surface area contributed by atoms with Crippen molar-refractivity contribution in [2.24, 2.45) is 0 Å². The van der Waals surface area contributed by atoms with Crippen LogP contribution < -0.4 is 20.7 Å². The Bertz CT molecular complexity index is 1400. The van der Waals surface area contributed by atoms with Gasteiger partial charge in [-0.3, -0.25) is 13.9 Å². The molecule has 2 aromatic carbocycles. The molecular weight excluding hydrogens is 388 g/mol. The van der Waals surface area contributed by atoms with Gasteiger partial charge in [0.25, 0.3) is 5.56 Å². The maximum Gasteiger partial charge on any atom is 0.332 e. The minimum Gasteiger partial charge on any atom is -0.454 e. The molecule has 0 radical (unpaired) electrons. The lowest BCUT2D eigenvalue weighted by Crippen LogP contribution is -2.40. The maximum atomic E-state index is 13.0. The lowest BCUT2D eigenvalue weighted by molar-refractivity contribution is 0.174. The molecule has 30 heavy (non-hydrogen) atoms. The van der Waals surface area contributed by atoms with Crippen molar-refractivity contribution in [1.82, 2.24) is 19.3 Å². The number of rotatable bonds is 5. The predicted octanol–water partition coefficient (Wildman–Crippen LogP) is 2.18. The third-order valence-electron chi connectivity index (χ3n) is 4.84. The number of ether oxygens (including phenoxy) is 2. The van der Waals surface area contributed by atoms with Gasteiger partial charge in [-0.05, 0) is 30.3 Å². The number of aromatic nitrogens is 4. The third kappa shape index (κ3) is 2.87. The van der Waals surface area contributed by atoms with Gasteiger partial charge in [0.1, 0.15) is 6.54 Å². The van der Waals surface area contributed by atoms with Crippen molar-refractivity contribution in [3.05, 3.63) is 81.8 Å². The van der Waals surface area contributed by atoms with Gasteiger partial charge in [-0.1, -0.05) is 23.4 Å². The molecule has 1 aliphatic heterocycles. The Hall–Kier alpha value is -4.14. The molecule has 9 nitrogen and oxygen atoms in total. The van der Waals surface area contributed by atoms with E-state index in [1.807, 2.05) is 0 Å². The normalized spacial score (nSPS) is 12.4. The predicted molar refractivity (Wildman–Crippen MR) is 108 cm³/mol. The average Bonchev–Trinajstić information content (AvgIpc) is 3.43. The Morgan fingerprint density at radius 1 is 1.07 bits per heavy atom. The summed E-state index contributed by atoms with van der Waals surface area (Å²) in [6.07, 6.45) is 1.51. The highest BCUT2D eigenvalue weighted by Crippen LogP contribution is 2.35. The molecule has 0 aliphatic carbocycles. The highest BCUT2D eigenvalue weighted by atomic mass is 16.7. The van der Waals surface area contributed by atoms with Crippen LogP contribution in [-0.2, 0) is 13.1 Å². The van der Waals surface area contributed by atoms with Crippen LogP contribution in [0.4, 0.5) is 0 Å². The zero-order valence-corrected chi connectivity index (χ0v) is 15.8. The highest BCUT2D eigenvalue weighted by molar-refractivity contribution is 5.77. The first kappa shape index (κ1) is 17.9. The molecule has 150 valence electrons. The van der Waals surface area contributed by atoms with E-state index >= 15 is 0 Å². The summed E-state index contributed by atoms with van der Waals surface area (Å²) >= 11 is 0. The van der Waals surface area contributed by atoms with Gasteiger partial charge in [0.2, 0.25) is 18.5 Å². The molecule has 1 aliphatic rings. The molecule has 0 spiro atoms. The largest absolute Gasteiger partial charge is 0.454 e.